The van der Waals surface area contributed by atoms with Gasteiger partial charge < -0.3 is 6.33 Å². The molecule has 2 nitrogen and oxygen atoms in total. The van der Waals surface area contributed by atoms with Gasteiger partial charge >= 0.3 is 29.6 Å². The monoisotopic (exact) mass is 241 g/mol. The van der Waals surface area contributed by atoms with Crippen LogP contribution in [0, 0.1) is 11.8 Å². The summed E-state index contributed by atoms with van der Waals surface area (Å²) in [6.07, 6.45) is 0. The third-order valence-corrected chi connectivity index (χ3v) is 2.49. The fourth-order valence-electron chi connectivity index (χ4n) is 1.32. The van der Waals surface area contributed by atoms with E-state index >= 15 is 0 Å². The molecular formula is C11H24NNaOS. The van der Waals surface area contributed by atoms with E-state index in [1.54, 1.807) is 0 Å². The Morgan fingerprint density at radius 2 is 1.60 bits per heavy atom. The molecule has 0 aromatic rings. The Bertz CT molecular complexity index is 169. The first-order valence-corrected chi connectivity index (χ1v) is 6.37. The van der Waals surface area contributed by atoms with Gasteiger partial charge in [-0.05, 0) is 17.6 Å². The number of carbonyl (C=O) groups excluding carboxylic acids is 1. The van der Waals surface area contributed by atoms with Crippen molar-refractivity contribution in [2.45, 2.75) is 34.6 Å². The van der Waals surface area contributed by atoms with E-state index in [1.165, 1.54) is 11.8 Å². The number of carbonyl (C=O) groups is 1. The zero-order chi connectivity index (χ0) is 11.1. The smallest absolute Gasteiger partial charge is 1.00 e. The summed E-state index contributed by atoms with van der Waals surface area (Å²) in [6.45, 7) is 12.4. The van der Waals surface area contributed by atoms with Crippen LogP contribution in [-0.2, 0) is 0 Å². The van der Waals surface area contributed by atoms with Gasteiger partial charge in [0.25, 0.3) is 5.24 Å². The van der Waals surface area contributed by atoms with Crippen LogP contribution in [0.15, 0.2) is 0 Å². The third kappa shape index (κ3) is 9.73. The van der Waals surface area contributed by atoms with Gasteiger partial charge in [-0.15, -0.1) is 0 Å². The minimum absolute atomic E-state index is 0. The van der Waals surface area contributed by atoms with E-state index in [2.05, 4.69) is 27.7 Å². The summed E-state index contributed by atoms with van der Waals surface area (Å²) in [5, 5.41) is 0.231. The van der Waals surface area contributed by atoms with Crippen LogP contribution in [0.3, 0.4) is 0 Å². The van der Waals surface area contributed by atoms with Crippen molar-refractivity contribution < 1.29 is 35.8 Å². The summed E-state index contributed by atoms with van der Waals surface area (Å²) in [4.78, 5) is 13.7. The van der Waals surface area contributed by atoms with Crippen LogP contribution < -0.4 is 29.6 Å². The van der Waals surface area contributed by atoms with Gasteiger partial charge in [0, 0.05) is 13.1 Å². The summed E-state index contributed by atoms with van der Waals surface area (Å²) >= 11 is 1.41. The van der Waals surface area contributed by atoms with E-state index in [0.717, 1.165) is 18.8 Å². The van der Waals surface area contributed by atoms with E-state index in [9.17, 15) is 4.79 Å². The average molecular weight is 241 g/mol. The topological polar surface area (TPSA) is 20.3 Å². The second-order valence-corrected chi connectivity index (χ2v) is 5.61. The first-order valence-electron chi connectivity index (χ1n) is 5.39. The second-order valence-electron chi connectivity index (χ2n) is 4.39. The van der Waals surface area contributed by atoms with E-state index in [1.807, 2.05) is 11.8 Å². The van der Waals surface area contributed by atoms with E-state index in [-0.39, 0.29) is 36.2 Å². The summed E-state index contributed by atoms with van der Waals surface area (Å²) in [5.41, 5.74) is 0. The Morgan fingerprint density at radius 1 is 1.20 bits per heavy atom. The second kappa shape index (κ2) is 10.0. The maximum Gasteiger partial charge on any atom is 1.00 e. The molecule has 0 atom stereocenters. The molecule has 0 aliphatic rings. The molecule has 0 heterocycles. The van der Waals surface area contributed by atoms with Crippen molar-refractivity contribution in [1.82, 2.24) is 4.90 Å². The molecule has 4 heteroatoms. The fraction of sp³-hybridized carbons (Fsp3) is 0.909. The summed E-state index contributed by atoms with van der Waals surface area (Å²) < 4.78 is 0. The Hall–Kier alpha value is 0.820. The van der Waals surface area contributed by atoms with E-state index in [4.69, 9.17) is 0 Å². The first kappa shape index (κ1) is 18.2. The molecule has 0 rings (SSSR count). The minimum Gasteiger partial charge on any atom is -1.00 e. The van der Waals surface area contributed by atoms with Gasteiger partial charge in [0.1, 0.15) is 0 Å². The summed E-state index contributed by atoms with van der Waals surface area (Å²) in [5.74, 6) is 1.97. The predicted molar refractivity (Wildman–Crippen MR) is 65.9 cm³/mol. The van der Waals surface area contributed by atoms with Crippen molar-refractivity contribution in [1.29, 1.82) is 0 Å². The van der Waals surface area contributed by atoms with Crippen molar-refractivity contribution in [2.24, 2.45) is 11.8 Å². The molecule has 0 aromatic heterocycles. The molecule has 0 aliphatic carbocycles. The maximum atomic E-state index is 11.7. The minimum atomic E-state index is 0. The van der Waals surface area contributed by atoms with Crippen molar-refractivity contribution in [3.8, 4) is 0 Å². The normalized spacial score (nSPS) is 10.3. The Balaban J connectivity index is -0.000000845. The van der Waals surface area contributed by atoms with Crippen molar-refractivity contribution in [3.05, 3.63) is 0 Å². The molecule has 0 radical (unpaired) electrons. The molecular weight excluding hydrogens is 217 g/mol. The number of rotatable bonds is 5. The van der Waals surface area contributed by atoms with Crippen LogP contribution in [0.4, 0.5) is 4.79 Å². The molecule has 0 saturated heterocycles. The van der Waals surface area contributed by atoms with Gasteiger partial charge in [-0.3, -0.25) is 4.79 Å². The van der Waals surface area contributed by atoms with Crippen LogP contribution in [0.5, 0.6) is 0 Å². The largest absolute Gasteiger partial charge is 1.00 e. The van der Waals surface area contributed by atoms with Gasteiger partial charge in [0.2, 0.25) is 0 Å². The molecule has 0 bridgehead atoms. The van der Waals surface area contributed by atoms with E-state index in [0.29, 0.717) is 11.8 Å². The van der Waals surface area contributed by atoms with Gasteiger partial charge in [-0.2, -0.15) is 0 Å². The zero-order valence-corrected chi connectivity index (χ0v) is 13.9. The summed E-state index contributed by atoms with van der Waals surface area (Å²) in [6, 6.07) is 0. The zero-order valence-electron chi connectivity index (χ0n) is 12.0. The molecule has 86 valence electrons. The summed E-state index contributed by atoms with van der Waals surface area (Å²) in [7, 11) is 0. The molecule has 0 N–H and O–H groups in total. The molecule has 0 fully saturated rings. The Kier molecular flexibility index (Phi) is 12.1. The third-order valence-electron chi connectivity index (χ3n) is 1.70. The van der Waals surface area contributed by atoms with Gasteiger partial charge in [0.15, 0.2) is 0 Å². The maximum absolute atomic E-state index is 11.7. The van der Waals surface area contributed by atoms with Crippen LogP contribution in [0.1, 0.15) is 36.0 Å². The molecule has 1 amide bonds. The van der Waals surface area contributed by atoms with E-state index < -0.39 is 0 Å². The number of thioether (sulfide) groups is 1. The predicted octanol–water partition coefficient (Wildman–Crippen LogP) is 0.590. The van der Waals surface area contributed by atoms with Crippen LogP contribution in [0.2, 0.25) is 0 Å². The van der Waals surface area contributed by atoms with Crippen molar-refractivity contribution in [2.75, 3.05) is 18.8 Å². The number of hydrogen-bond acceptors (Lipinski definition) is 2. The molecule has 15 heavy (non-hydrogen) atoms. The number of amides is 1. The SMILES string of the molecule is CCSC(=O)N(CC(C)C)CC(C)C.[H-].[Na+]. The Labute approximate surface area is 122 Å². The van der Waals surface area contributed by atoms with Crippen molar-refractivity contribution in [3.63, 3.8) is 0 Å². The molecule has 0 saturated carbocycles. The molecule has 0 spiro atoms. The molecule has 0 aromatic carbocycles. The number of hydrogen-bond donors (Lipinski definition) is 0. The first-order chi connectivity index (χ1) is 6.47. The average Bonchev–Trinajstić information content (AvgIpc) is 2.01. The molecule has 0 unspecified atom stereocenters. The standard InChI is InChI=1S/C11H23NOS.Na.H/c1-6-14-11(13)12(7-9(2)3)8-10(4)5;;/h9-10H,6-8H2,1-5H3;;/q;+1;-1. The van der Waals surface area contributed by atoms with Crippen LogP contribution in [-0.4, -0.2) is 29.0 Å². The fourth-order valence-corrected chi connectivity index (χ4v) is 1.90. The quantitative estimate of drug-likeness (QED) is 0.657. The van der Waals surface area contributed by atoms with Crippen LogP contribution >= 0.6 is 11.8 Å². The van der Waals surface area contributed by atoms with Crippen LogP contribution in [0.25, 0.3) is 0 Å². The van der Waals surface area contributed by atoms with Gasteiger partial charge in [-0.25, -0.2) is 0 Å². The van der Waals surface area contributed by atoms with Gasteiger partial charge in [-0.1, -0.05) is 46.4 Å². The number of nitrogens with zero attached hydrogens (tertiary/aromatic N) is 1. The van der Waals surface area contributed by atoms with Crippen molar-refractivity contribution >= 4 is 17.0 Å². The Morgan fingerprint density at radius 3 is 1.87 bits per heavy atom. The molecule has 0 aliphatic heterocycles. The van der Waals surface area contributed by atoms with Gasteiger partial charge in [0.05, 0.1) is 0 Å².